The third kappa shape index (κ3) is 4.10. The van der Waals surface area contributed by atoms with Crippen LogP contribution >= 0.6 is 11.6 Å². The lowest BCUT2D eigenvalue weighted by atomic mass is 10.3. The third-order valence-corrected chi connectivity index (χ3v) is 3.97. The van der Waals surface area contributed by atoms with Crippen LogP contribution in [0.4, 0.5) is 16.4 Å². The van der Waals surface area contributed by atoms with Crippen LogP contribution in [-0.4, -0.2) is 47.1 Å². The standard InChI is InChI=1S/C16H18ClN5O/c17-13-3-5-14(6-4-13)20-16(23)22-10-2-9-21(11-12-22)15-18-7-1-8-19-15/h1,3-8H,2,9-12H2,(H,20,23). The van der Waals surface area contributed by atoms with Gasteiger partial charge in [-0.15, -0.1) is 0 Å². The van der Waals surface area contributed by atoms with Gasteiger partial charge in [0, 0.05) is 49.3 Å². The molecule has 1 N–H and O–H groups in total. The van der Waals surface area contributed by atoms with E-state index < -0.39 is 0 Å². The molecule has 1 aromatic heterocycles. The minimum Gasteiger partial charge on any atom is -0.339 e. The number of carbonyl (C=O) groups excluding carboxylic acids is 1. The fraction of sp³-hybridized carbons (Fsp3) is 0.312. The van der Waals surface area contributed by atoms with Crippen molar-refractivity contribution in [1.29, 1.82) is 0 Å². The first-order valence-corrected chi connectivity index (χ1v) is 7.93. The van der Waals surface area contributed by atoms with Crippen LogP contribution < -0.4 is 10.2 Å². The van der Waals surface area contributed by atoms with Crippen molar-refractivity contribution in [2.75, 3.05) is 36.4 Å². The number of amides is 2. The molecule has 6 nitrogen and oxygen atoms in total. The number of nitrogens with zero attached hydrogens (tertiary/aromatic N) is 4. The third-order valence-electron chi connectivity index (χ3n) is 3.71. The molecule has 1 fully saturated rings. The van der Waals surface area contributed by atoms with Gasteiger partial charge in [-0.2, -0.15) is 0 Å². The Morgan fingerprint density at radius 3 is 2.52 bits per heavy atom. The van der Waals surface area contributed by atoms with E-state index in [1.54, 1.807) is 42.7 Å². The van der Waals surface area contributed by atoms with Gasteiger partial charge in [0.2, 0.25) is 5.95 Å². The second-order valence-corrected chi connectivity index (χ2v) is 5.75. The Kier molecular flexibility index (Phi) is 4.92. The van der Waals surface area contributed by atoms with Crippen LogP contribution in [0.2, 0.25) is 5.02 Å². The summed E-state index contributed by atoms with van der Waals surface area (Å²) < 4.78 is 0. The largest absolute Gasteiger partial charge is 0.339 e. The molecule has 0 spiro atoms. The molecule has 0 radical (unpaired) electrons. The molecule has 2 aromatic rings. The average molecular weight is 332 g/mol. The lowest BCUT2D eigenvalue weighted by Crippen LogP contribution is -2.38. The zero-order chi connectivity index (χ0) is 16.1. The maximum Gasteiger partial charge on any atom is 0.321 e. The van der Waals surface area contributed by atoms with E-state index in [9.17, 15) is 4.79 Å². The molecule has 1 aliphatic rings. The van der Waals surface area contributed by atoms with Gasteiger partial charge in [0.1, 0.15) is 0 Å². The molecule has 7 heteroatoms. The SMILES string of the molecule is O=C(Nc1ccc(Cl)cc1)N1CCCN(c2ncccn2)CC1. The van der Waals surface area contributed by atoms with E-state index in [1.807, 2.05) is 4.90 Å². The molecule has 1 aliphatic heterocycles. The summed E-state index contributed by atoms with van der Waals surface area (Å²) in [7, 11) is 0. The minimum atomic E-state index is -0.0943. The van der Waals surface area contributed by atoms with E-state index in [4.69, 9.17) is 11.6 Å². The number of hydrogen-bond donors (Lipinski definition) is 1. The van der Waals surface area contributed by atoms with Crippen molar-refractivity contribution in [2.45, 2.75) is 6.42 Å². The predicted octanol–water partition coefficient (Wildman–Crippen LogP) is 2.87. The van der Waals surface area contributed by atoms with Crippen molar-refractivity contribution in [2.24, 2.45) is 0 Å². The van der Waals surface area contributed by atoms with Crippen molar-refractivity contribution in [3.8, 4) is 0 Å². The molecule has 23 heavy (non-hydrogen) atoms. The Morgan fingerprint density at radius 2 is 1.78 bits per heavy atom. The monoisotopic (exact) mass is 331 g/mol. The van der Waals surface area contributed by atoms with Crippen molar-refractivity contribution in [3.05, 3.63) is 47.7 Å². The molecule has 0 bridgehead atoms. The number of nitrogens with one attached hydrogen (secondary N) is 1. The molecule has 3 rings (SSSR count). The topological polar surface area (TPSA) is 61.4 Å². The first-order valence-electron chi connectivity index (χ1n) is 7.56. The quantitative estimate of drug-likeness (QED) is 0.919. The number of aromatic nitrogens is 2. The van der Waals surface area contributed by atoms with Crippen LogP contribution in [-0.2, 0) is 0 Å². The molecular formula is C16H18ClN5O. The summed E-state index contributed by atoms with van der Waals surface area (Å²) in [6, 6.07) is 8.81. The van der Waals surface area contributed by atoms with Crippen LogP contribution in [0.5, 0.6) is 0 Å². The Labute approximate surface area is 140 Å². The number of benzene rings is 1. The van der Waals surface area contributed by atoms with Gasteiger partial charge in [-0.05, 0) is 36.8 Å². The second-order valence-electron chi connectivity index (χ2n) is 5.31. The molecular weight excluding hydrogens is 314 g/mol. The average Bonchev–Trinajstić information content (AvgIpc) is 2.84. The first kappa shape index (κ1) is 15.6. The molecule has 0 unspecified atom stereocenters. The van der Waals surface area contributed by atoms with Crippen molar-refractivity contribution in [3.63, 3.8) is 0 Å². The molecule has 0 atom stereocenters. The number of carbonyl (C=O) groups is 1. The highest BCUT2D eigenvalue weighted by Gasteiger charge is 2.20. The summed E-state index contributed by atoms with van der Waals surface area (Å²) in [5.74, 6) is 0.715. The number of anilines is 2. The predicted molar refractivity (Wildman–Crippen MR) is 90.9 cm³/mol. The first-order chi connectivity index (χ1) is 11.2. The summed E-state index contributed by atoms with van der Waals surface area (Å²) in [6.07, 6.45) is 4.35. The smallest absolute Gasteiger partial charge is 0.321 e. The van der Waals surface area contributed by atoms with Crippen LogP contribution in [0.15, 0.2) is 42.7 Å². The molecule has 2 heterocycles. The van der Waals surface area contributed by atoms with Crippen LogP contribution in [0.3, 0.4) is 0 Å². The van der Waals surface area contributed by atoms with Gasteiger partial charge >= 0.3 is 6.03 Å². The Hall–Kier alpha value is -2.34. The zero-order valence-electron chi connectivity index (χ0n) is 12.7. The summed E-state index contributed by atoms with van der Waals surface area (Å²) in [5.41, 5.74) is 0.742. The number of halogens is 1. The maximum atomic E-state index is 12.4. The summed E-state index contributed by atoms with van der Waals surface area (Å²) in [5, 5.41) is 3.55. The van der Waals surface area contributed by atoms with Crippen molar-refractivity contribution >= 4 is 29.3 Å². The Balaban J connectivity index is 1.59. The highest BCUT2D eigenvalue weighted by molar-refractivity contribution is 6.30. The fourth-order valence-corrected chi connectivity index (χ4v) is 2.64. The van der Waals surface area contributed by atoms with Gasteiger partial charge in [-0.3, -0.25) is 0 Å². The number of urea groups is 1. The highest BCUT2D eigenvalue weighted by Crippen LogP contribution is 2.15. The molecule has 1 aromatic carbocycles. The summed E-state index contributed by atoms with van der Waals surface area (Å²) in [4.78, 5) is 24.9. The second kappa shape index (κ2) is 7.28. The Morgan fingerprint density at radius 1 is 1.04 bits per heavy atom. The van der Waals surface area contributed by atoms with E-state index >= 15 is 0 Å². The minimum absolute atomic E-state index is 0.0943. The van der Waals surface area contributed by atoms with Gasteiger partial charge < -0.3 is 15.1 Å². The fourth-order valence-electron chi connectivity index (χ4n) is 2.51. The van der Waals surface area contributed by atoms with E-state index in [-0.39, 0.29) is 6.03 Å². The summed E-state index contributed by atoms with van der Waals surface area (Å²) >= 11 is 5.85. The van der Waals surface area contributed by atoms with Gasteiger partial charge in [-0.25, -0.2) is 14.8 Å². The van der Waals surface area contributed by atoms with Crippen LogP contribution in [0.1, 0.15) is 6.42 Å². The molecule has 120 valence electrons. The van der Waals surface area contributed by atoms with E-state index in [0.29, 0.717) is 24.1 Å². The molecule has 0 aliphatic carbocycles. The van der Waals surface area contributed by atoms with Crippen LogP contribution in [0.25, 0.3) is 0 Å². The number of hydrogen-bond acceptors (Lipinski definition) is 4. The Bertz CT molecular complexity index is 649. The molecule has 0 saturated carbocycles. The number of rotatable bonds is 2. The van der Waals surface area contributed by atoms with Gasteiger partial charge in [-0.1, -0.05) is 11.6 Å². The van der Waals surface area contributed by atoms with Crippen LogP contribution in [0, 0.1) is 0 Å². The van der Waals surface area contributed by atoms with E-state index in [0.717, 1.165) is 25.2 Å². The lowest BCUT2D eigenvalue weighted by Gasteiger charge is -2.22. The maximum absolute atomic E-state index is 12.4. The van der Waals surface area contributed by atoms with Crippen molar-refractivity contribution < 1.29 is 4.79 Å². The van der Waals surface area contributed by atoms with Gasteiger partial charge in [0.25, 0.3) is 0 Å². The molecule has 1 saturated heterocycles. The highest BCUT2D eigenvalue weighted by atomic mass is 35.5. The van der Waals surface area contributed by atoms with E-state index in [1.165, 1.54) is 0 Å². The zero-order valence-corrected chi connectivity index (χ0v) is 13.4. The van der Waals surface area contributed by atoms with Crippen molar-refractivity contribution in [1.82, 2.24) is 14.9 Å². The lowest BCUT2D eigenvalue weighted by molar-refractivity contribution is 0.215. The normalized spacial score (nSPS) is 15.2. The summed E-state index contributed by atoms with van der Waals surface area (Å²) in [6.45, 7) is 2.91. The molecule has 2 amide bonds. The van der Waals surface area contributed by atoms with E-state index in [2.05, 4.69) is 20.2 Å². The van der Waals surface area contributed by atoms with Gasteiger partial charge in [0.15, 0.2) is 0 Å². The van der Waals surface area contributed by atoms with Gasteiger partial charge in [0.05, 0.1) is 0 Å².